The summed E-state index contributed by atoms with van der Waals surface area (Å²) in [5.41, 5.74) is 4.68. The maximum Gasteiger partial charge on any atom is 0.411 e. The van der Waals surface area contributed by atoms with Gasteiger partial charge in [0.2, 0.25) is 0 Å². The van der Waals surface area contributed by atoms with Gasteiger partial charge in [0.15, 0.2) is 0 Å². The molecule has 3 aromatic rings. The van der Waals surface area contributed by atoms with Gasteiger partial charge in [0, 0.05) is 31.0 Å². The highest BCUT2D eigenvalue weighted by Crippen LogP contribution is 2.25. The normalized spacial score (nSPS) is 13.8. The van der Waals surface area contributed by atoms with Crippen LogP contribution in [0, 0.1) is 0 Å². The molecular formula is C28H31N3O3. The second-order valence-corrected chi connectivity index (χ2v) is 8.84. The van der Waals surface area contributed by atoms with Crippen molar-refractivity contribution in [2.24, 2.45) is 0 Å². The Bertz CT molecular complexity index is 1110. The molecule has 0 spiro atoms. The van der Waals surface area contributed by atoms with Crippen LogP contribution in [-0.4, -0.2) is 30.1 Å². The van der Waals surface area contributed by atoms with E-state index in [2.05, 4.69) is 43.4 Å². The number of rotatable bonds is 7. The highest BCUT2D eigenvalue weighted by molar-refractivity contribution is 5.94. The molecule has 1 N–H and O–H groups in total. The SMILES string of the molecule is CC(C)c1ccc(CN2CCCN(c3cccc(NC(=O)OCc4ccccc4)c3)C2=O)cc1. The minimum Gasteiger partial charge on any atom is -0.444 e. The summed E-state index contributed by atoms with van der Waals surface area (Å²) in [5.74, 6) is 0.484. The molecule has 1 aliphatic rings. The quantitative estimate of drug-likeness (QED) is 0.447. The van der Waals surface area contributed by atoms with Gasteiger partial charge in [-0.05, 0) is 47.2 Å². The molecule has 6 nitrogen and oxygen atoms in total. The minimum absolute atomic E-state index is 0.0250. The Balaban J connectivity index is 1.38. The molecule has 34 heavy (non-hydrogen) atoms. The number of ether oxygens (including phenoxy) is 1. The van der Waals surface area contributed by atoms with E-state index in [0.717, 1.165) is 29.8 Å². The zero-order valence-electron chi connectivity index (χ0n) is 19.7. The smallest absolute Gasteiger partial charge is 0.411 e. The number of nitrogens with one attached hydrogen (secondary N) is 1. The number of anilines is 2. The van der Waals surface area contributed by atoms with Crippen LogP contribution in [0.2, 0.25) is 0 Å². The lowest BCUT2D eigenvalue weighted by Gasteiger charge is -2.36. The van der Waals surface area contributed by atoms with E-state index in [-0.39, 0.29) is 12.6 Å². The second-order valence-electron chi connectivity index (χ2n) is 8.84. The Labute approximate surface area is 201 Å². The first kappa shape index (κ1) is 23.4. The summed E-state index contributed by atoms with van der Waals surface area (Å²) in [4.78, 5) is 29.1. The Morgan fingerprint density at radius 1 is 0.941 bits per heavy atom. The average molecular weight is 458 g/mol. The van der Waals surface area contributed by atoms with E-state index < -0.39 is 6.09 Å². The van der Waals surface area contributed by atoms with E-state index in [1.807, 2.05) is 53.4 Å². The largest absolute Gasteiger partial charge is 0.444 e. The lowest BCUT2D eigenvalue weighted by molar-refractivity contribution is 0.155. The first-order valence-corrected chi connectivity index (χ1v) is 11.7. The maximum atomic E-state index is 13.2. The van der Waals surface area contributed by atoms with E-state index >= 15 is 0 Å². The molecule has 0 aromatic heterocycles. The van der Waals surface area contributed by atoms with Crippen molar-refractivity contribution in [3.8, 4) is 0 Å². The van der Waals surface area contributed by atoms with Crippen molar-refractivity contribution in [1.82, 2.24) is 4.90 Å². The van der Waals surface area contributed by atoms with Crippen LogP contribution < -0.4 is 10.2 Å². The minimum atomic E-state index is -0.530. The highest BCUT2D eigenvalue weighted by atomic mass is 16.5. The Hall–Kier alpha value is -3.80. The van der Waals surface area contributed by atoms with Crippen LogP contribution in [0.15, 0.2) is 78.9 Å². The number of benzene rings is 3. The third-order valence-corrected chi connectivity index (χ3v) is 5.95. The van der Waals surface area contributed by atoms with E-state index in [9.17, 15) is 9.59 Å². The maximum absolute atomic E-state index is 13.2. The predicted octanol–water partition coefficient (Wildman–Crippen LogP) is 6.39. The van der Waals surface area contributed by atoms with Gasteiger partial charge < -0.3 is 9.64 Å². The molecular weight excluding hydrogens is 426 g/mol. The van der Waals surface area contributed by atoms with Crippen molar-refractivity contribution in [2.75, 3.05) is 23.3 Å². The van der Waals surface area contributed by atoms with Crippen molar-refractivity contribution in [3.05, 3.63) is 95.6 Å². The highest BCUT2D eigenvalue weighted by Gasteiger charge is 2.27. The number of hydrogen-bond acceptors (Lipinski definition) is 3. The summed E-state index contributed by atoms with van der Waals surface area (Å²) in [7, 11) is 0. The van der Waals surface area contributed by atoms with E-state index in [4.69, 9.17) is 4.74 Å². The first-order valence-electron chi connectivity index (χ1n) is 11.7. The molecule has 176 valence electrons. The topological polar surface area (TPSA) is 61.9 Å². The third kappa shape index (κ3) is 5.95. The standard InChI is InChI=1S/C28H31N3O3/c1-21(2)24-14-12-22(13-15-24)19-30-16-7-17-31(28(30)33)26-11-6-10-25(18-26)29-27(32)34-20-23-8-4-3-5-9-23/h3-6,8-15,18,21H,7,16-17,19-20H2,1-2H3,(H,29,32). The zero-order valence-corrected chi connectivity index (χ0v) is 19.7. The molecule has 1 fully saturated rings. The summed E-state index contributed by atoms with van der Waals surface area (Å²) >= 11 is 0. The Morgan fingerprint density at radius 3 is 2.44 bits per heavy atom. The molecule has 0 radical (unpaired) electrons. The molecule has 0 aliphatic carbocycles. The van der Waals surface area contributed by atoms with Crippen LogP contribution in [-0.2, 0) is 17.9 Å². The number of amides is 3. The van der Waals surface area contributed by atoms with Gasteiger partial charge in [0.1, 0.15) is 6.61 Å². The van der Waals surface area contributed by atoms with Crippen LogP contribution in [0.25, 0.3) is 0 Å². The van der Waals surface area contributed by atoms with E-state index in [0.29, 0.717) is 24.7 Å². The van der Waals surface area contributed by atoms with Crippen molar-refractivity contribution in [1.29, 1.82) is 0 Å². The van der Waals surface area contributed by atoms with Crippen molar-refractivity contribution >= 4 is 23.5 Å². The lowest BCUT2D eigenvalue weighted by atomic mass is 10.0. The van der Waals surface area contributed by atoms with Crippen LogP contribution in [0.1, 0.15) is 42.9 Å². The fourth-order valence-corrected chi connectivity index (χ4v) is 4.02. The molecule has 6 heteroatoms. The third-order valence-electron chi connectivity index (χ3n) is 5.95. The summed E-state index contributed by atoms with van der Waals surface area (Å²) in [6, 6.07) is 25.3. The summed E-state index contributed by atoms with van der Waals surface area (Å²) in [6.45, 7) is 6.50. The fourth-order valence-electron chi connectivity index (χ4n) is 4.02. The summed E-state index contributed by atoms with van der Waals surface area (Å²) < 4.78 is 5.31. The molecule has 3 aromatic carbocycles. The number of nitrogens with zero attached hydrogens (tertiary/aromatic N) is 2. The van der Waals surface area contributed by atoms with Crippen molar-refractivity contribution < 1.29 is 14.3 Å². The van der Waals surface area contributed by atoms with Gasteiger partial charge in [-0.15, -0.1) is 0 Å². The monoisotopic (exact) mass is 457 g/mol. The summed E-state index contributed by atoms with van der Waals surface area (Å²) in [5, 5.41) is 2.76. The predicted molar refractivity (Wildman–Crippen MR) is 135 cm³/mol. The number of urea groups is 1. The van der Waals surface area contributed by atoms with E-state index in [1.165, 1.54) is 5.56 Å². The van der Waals surface area contributed by atoms with Crippen LogP contribution in [0.5, 0.6) is 0 Å². The lowest BCUT2D eigenvalue weighted by Crippen LogP contribution is -2.49. The molecule has 1 aliphatic heterocycles. The van der Waals surface area contributed by atoms with Crippen molar-refractivity contribution in [3.63, 3.8) is 0 Å². The second kappa shape index (κ2) is 10.9. The molecule has 0 bridgehead atoms. The average Bonchev–Trinajstić information content (AvgIpc) is 2.85. The van der Waals surface area contributed by atoms with Crippen LogP contribution in [0.3, 0.4) is 0 Å². The molecule has 0 unspecified atom stereocenters. The van der Waals surface area contributed by atoms with Gasteiger partial charge in [0.05, 0.1) is 0 Å². The zero-order chi connectivity index (χ0) is 23.9. The van der Waals surface area contributed by atoms with Gasteiger partial charge in [-0.2, -0.15) is 0 Å². The van der Waals surface area contributed by atoms with E-state index in [1.54, 1.807) is 11.0 Å². The first-order chi connectivity index (χ1) is 16.5. The van der Waals surface area contributed by atoms with Crippen LogP contribution in [0.4, 0.5) is 21.0 Å². The van der Waals surface area contributed by atoms with Gasteiger partial charge in [-0.3, -0.25) is 10.2 Å². The van der Waals surface area contributed by atoms with Crippen molar-refractivity contribution in [2.45, 2.75) is 39.3 Å². The van der Waals surface area contributed by atoms with Gasteiger partial charge >= 0.3 is 12.1 Å². The molecule has 0 atom stereocenters. The number of carbonyl (C=O) groups is 2. The van der Waals surface area contributed by atoms with Gasteiger partial charge in [-0.1, -0.05) is 74.5 Å². The van der Waals surface area contributed by atoms with Crippen LogP contribution >= 0.6 is 0 Å². The molecule has 0 saturated carbocycles. The van der Waals surface area contributed by atoms with Gasteiger partial charge in [-0.25, -0.2) is 9.59 Å². The Morgan fingerprint density at radius 2 is 1.71 bits per heavy atom. The molecule has 3 amide bonds. The van der Waals surface area contributed by atoms with Gasteiger partial charge in [0.25, 0.3) is 0 Å². The number of hydrogen-bond donors (Lipinski definition) is 1. The number of carbonyl (C=O) groups excluding carboxylic acids is 2. The molecule has 1 saturated heterocycles. The molecule has 1 heterocycles. The Kier molecular flexibility index (Phi) is 7.48. The molecule has 4 rings (SSSR count). The summed E-state index contributed by atoms with van der Waals surface area (Å²) in [6.07, 6.45) is 0.351. The fraction of sp³-hybridized carbons (Fsp3) is 0.286.